The van der Waals surface area contributed by atoms with Crippen LogP contribution in [0.25, 0.3) is 11.0 Å². The van der Waals surface area contributed by atoms with E-state index < -0.39 is 10.0 Å². The van der Waals surface area contributed by atoms with Crippen molar-refractivity contribution in [2.75, 3.05) is 26.2 Å². The molecule has 0 unspecified atom stereocenters. The summed E-state index contributed by atoms with van der Waals surface area (Å²) < 4.78 is 32.6. The molecule has 28 heavy (non-hydrogen) atoms. The van der Waals surface area contributed by atoms with Gasteiger partial charge in [-0.25, -0.2) is 8.42 Å². The van der Waals surface area contributed by atoms with Crippen molar-refractivity contribution < 1.29 is 17.6 Å². The van der Waals surface area contributed by atoms with Crippen molar-refractivity contribution in [3.05, 3.63) is 64.9 Å². The number of nitrogens with zero attached hydrogens (tertiary/aromatic N) is 2. The lowest BCUT2D eigenvalue weighted by atomic mass is 10.2. The molecule has 1 aliphatic rings. The normalized spacial score (nSPS) is 15.9. The van der Waals surface area contributed by atoms with E-state index in [2.05, 4.69) is 0 Å². The van der Waals surface area contributed by atoms with Crippen molar-refractivity contribution in [3.63, 3.8) is 0 Å². The Balaban J connectivity index is 1.48. The van der Waals surface area contributed by atoms with Gasteiger partial charge in [-0.1, -0.05) is 29.3 Å². The summed E-state index contributed by atoms with van der Waals surface area (Å²) in [6.45, 7) is 3.02. The highest BCUT2D eigenvalue weighted by atomic mass is 35.5. The quantitative estimate of drug-likeness (QED) is 0.652. The highest BCUT2D eigenvalue weighted by Gasteiger charge is 2.31. The molecule has 0 aliphatic carbocycles. The summed E-state index contributed by atoms with van der Waals surface area (Å²) in [5, 5.41) is 1.25. The Morgan fingerprint density at radius 2 is 1.79 bits per heavy atom. The molecule has 146 valence electrons. The van der Waals surface area contributed by atoms with E-state index in [1.54, 1.807) is 23.1 Å². The summed E-state index contributed by atoms with van der Waals surface area (Å²) >= 11 is 5.92. The molecule has 1 amide bonds. The van der Waals surface area contributed by atoms with E-state index in [-0.39, 0.29) is 29.7 Å². The number of carbonyl (C=O) groups excluding carboxylic acids is 1. The molecular weight excluding hydrogens is 400 g/mol. The minimum atomic E-state index is -3.64. The number of halogens is 1. The van der Waals surface area contributed by atoms with Crippen LogP contribution in [0.1, 0.15) is 16.1 Å². The van der Waals surface area contributed by atoms with Crippen LogP contribution in [0.2, 0.25) is 5.02 Å². The molecule has 2 heterocycles. The average Bonchev–Trinajstić information content (AvgIpc) is 3.10. The SMILES string of the molecule is Cc1ccc2oc(C(=O)N3CCN(S(=O)(=O)c4cccc(Cl)c4)CC3)cc2c1. The van der Waals surface area contributed by atoms with Crippen LogP contribution in [-0.2, 0) is 10.0 Å². The van der Waals surface area contributed by atoms with Gasteiger partial charge in [0.2, 0.25) is 10.0 Å². The van der Waals surface area contributed by atoms with Crippen LogP contribution in [0.4, 0.5) is 0 Å². The minimum absolute atomic E-state index is 0.160. The smallest absolute Gasteiger partial charge is 0.289 e. The fraction of sp³-hybridized carbons (Fsp3) is 0.250. The Hall–Kier alpha value is -2.35. The molecule has 1 saturated heterocycles. The number of piperazine rings is 1. The maximum atomic E-state index is 12.8. The Morgan fingerprint density at radius 3 is 2.50 bits per heavy atom. The molecule has 0 saturated carbocycles. The second kappa shape index (κ2) is 7.24. The van der Waals surface area contributed by atoms with Gasteiger partial charge in [0.25, 0.3) is 5.91 Å². The fourth-order valence-electron chi connectivity index (χ4n) is 3.33. The number of aryl methyl sites for hydroxylation is 1. The van der Waals surface area contributed by atoms with Crippen LogP contribution in [0, 0.1) is 6.92 Å². The first-order chi connectivity index (χ1) is 13.3. The van der Waals surface area contributed by atoms with E-state index in [0.717, 1.165) is 10.9 Å². The van der Waals surface area contributed by atoms with Gasteiger partial charge in [-0.05, 0) is 43.3 Å². The van der Waals surface area contributed by atoms with E-state index in [1.807, 2.05) is 25.1 Å². The predicted octanol–water partition coefficient (Wildman–Crippen LogP) is 3.54. The standard InChI is InChI=1S/C20H19ClN2O4S/c1-14-5-6-18-15(11-14)12-19(27-18)20(24)22-7-9-23(10-8-22)28(25,26)17-4-2-3-16(21)13-17/h2-6,11-13H,7-10H2,1H3. The number of benzene rings is 2. The number of amides is 1. The van der Waals surface area contributed by atoms with Crippen LogP contribution < -0.4 is 0 Å². The third-order valence-corrected chi connectivity index (χ3v) is 6.97. The van der Waals surface area contributed by atoms with Gasteiger partial charge in [0.1, 0.15) is 5.58 Å². The molecule has 3 aromatic rings. The first-order valence-electron chi connectivity index (χ1n) is 8.90. The lowest BCUT2D eigenvalue weighted by Crippen LogP contribution is -2.50. The number of hydrogen-bond donors (Lipinski definition) is 0. The van der Waals surface area contributed by atoms with E-state index in [0.29, 0.717) is 23.7 Å². The van der Waals surface area contributed by atoms with Crippen LogP contribution >= 0.6 is 11.6 Å². The third-order valence-electron chi connectivity index (χ3n) is 4.84. The molecule has 8 heteroatoms. The second-order valence-electron chi connectivity index (χ2n) is 6.81. The third kappa shape index (κ3) is 3.53. The van der Waals surface area contributed by atoms with Gasteiger partial charge >= 0.3 is 0 Å². The molecule has 6 nitrogen and oxygen atoms in total. The topological polar surface area (TPSA) is 70.8 Å². The first kappa shape index (κ1) is 19.0. The number of carbonyl (C=O) groups is 1. The zero-order valence-electron chi connectivity index (χ0n) is 15.3. The maximum absolute atomic E-state index is 12.8. The molecular formula is C20H19ClN2O4S. The van der Waals surface area contributed by atoms with Crippen molar-refractivity contribution in [2.24, 2.45) is 0 Å². The summed E-state index contributed by atoms with van der Waals surface area (Å²) in [5.41, 5.74) is 1.75. The van der Waals surface area contributed by atoms with E-state index in [1.165, 1.54) is 16.4 Å². The van der Waals surface area contributed by atoms with E-state index in [9.17, 15) is 13.2 Å². The average molecular weight is 419 g/mol. The Bertz CT molecular complexity index is 1150. The Kier molecular flexibility index (Phi) is 4.91. The molecule has 1 aromatic heterocycles. The van der Waals surface area contributed by atoms with Gasteiger partial charge in [0.05, 0.1) is 4.90 Å². The molecule has 1 aliphatic heterocycles. The van der Waals surface area contributed by atoms with Crippen LogP contribution in [0.5, 0.6) is 0 Å². The van der Waals surface area contributed by atoms with Gasteiger partial charge in [-0.3, -0.25) is 4.79 Å². The summed E-state index contributed by atoms with van der Waals surface area (Å²) in [5.74, 6) is 0.0420. The zero-order valence-corrected chi connectivity index (χ0v) is 16.8. The molecule has 0 radical (unpaired) electrons. The lowest BCUT2D eigenvalue weighted by molar-refractivity contribution is 0.0668. The van der Waals surface area contributed by atoms with Crippen molar-refractivity contribution in [1.82, 2.24) is 9.21 Å². The summed E-state index contributed by atoms with van der Waals surface area (Å²) in [6.07, 6.45) is 0. The Labute approximate surface area is 168 Å². The molecule has 1 fully saturated rings. The largest absolute Gasteiger partial charge is 0.451 e. The van der Waals surface area contributed by atoms with Gasteiger partial charge in [0, 0.05) is 36.6 Å². The maximum Gasteiger partial charge on any atom is 0.289 e. The fourth-order valence-corrected chi connectivity index (χ4v) is 5.06. The van der Waals surface area contributed by atoms with Gasteiger partial charge in [0.15, 0.2) is 5.76 Å². The number of rotatable bonds is 3. The molecule has 0 atom stereocenters. The first-order valence-corrected chi connectivity index (χ1v) is 10.7. The van der Waals surface area contributed by atoms with Crippen molar-refractivity contribution in [2.45, 2.75) is 11.8 Å². The number of hydrogen-bond acceptors (Lipinski definition) is 4. The van der Waals surface area contributed by atoms with E-state index in [4.69, 9.17) is 16.0 Å². The number of sulfonamides is 1. The number of fused-ring (bicyclic) bond motifs is 1. The Morgan fingerprint density at radius 1 is 1.04 bits per heavy atom. The van der Waals surface area contributed by atoms with Crippen molar-refractivity contribution in [1.29, 1.82) is 0 Å². The molecule has 0 bridgehead atoms. The monoisotopic (exact) mass is 418 g/mol. The van der Waals surface area contributed by atoms with E-state index >= 15 is 0 Å². The van der Waals surface area contributed by atoms with Gasteiger partial charge < -0.3 is 9.32 Å². The zero-order chi connectivity index (χ0) is 19.9. The van der Waals surface area contributed by atoms with Crippen molar-refractivity contribution in [3.8, 4) is 0 Å². The predicted molar refractivity (Wildman–Crippen MR) is 107 cm³/mol. The van der Waals surface area contributed by atoms with Gasteiger partial charge in [-0.15, -0.1) is 0 Å². The highest BCUT2D eigenvalue weighted by Crippen LogP contribution is 2.24. The van der Waals surface area contributed by atoms with Crippen LogP contribution in [0.15, 0.2) is 57.8 Å². The molecule has 0 spiro atoms. The molecule has 2 aromatic carbocycles. The van der Waals surface area contributed by atoms with Gasteiger partial charge in [-0.2, -0.15) is 4.31 Å². The van der Waals surface area contributed by atoms with Crippen LogP contribution in [-0.4, -0.2) is 49.7 Å². The summed E-state index contributed by atoms with van der Waals surface area (Å²) in [6, 6.07) is 13.7. The second-order valence-corrected chi connectivity index (χ2v) is 9.18. The molecule has 0 N–H and O–H groups in total. The summed E-state index contributed by atoms with van der Waals surface area (Å²) in [7, 11) is -3.64. The van der Waals surface area contributed by atoms with Crippen LogP contribution in [0.3, 0.4) is 0 Å². The number of furan rings is 1. The highest BCUT2D eigenvalue weighted by molar-refractivity contribution is 7.89. The minimum Gasteiger partial charge on any atom is -0.451 e. The van der Waals surface area contributed by atoms with Crippen molar-refractivity contribution >= 4 is 38.5 Å². The summed E-state index contributed by atoms with van der Waals surface area (Å²) in [4.78, 5) is 14.6. The lowest BCUT2D eigenvalue weighted by Gasteiger charge is -2.33. The molecule has 4 rings (SSSR count).